The van der Waals surface area contributed by atoms with Crippen LogP contribution in [0.2, 0.25) is 0 Å². The third-order valence-corrected chi connectivity index (χ3v) is 4.17. The van der Waals surface area contributed by atoms with Crippen LogP contribution in [0, 0.1) is 0 Å². The largest absolute Gasteiger partial charge is 0.399 e. The Bertz CT molecular complexity index is 651. The van der Waals surface area contributed by atoms with Crippen molar-refractivity contribution in [3.05, 3.63) is 41.8 Å². The van der Waals surface area contributed by atoms with E-state index in [1.807, 2.05) is 6.92 Å². The molecule has 0 spiro atoms. The Kier molecular flexibility index (Phi) is 3.87. The van der Waals surface area contributed by atoms with Crippen molar-refractivity contribution >= 4 is 15.7 Å². The number of sulfonamides is 1. The molecule has 0 unspecified atom stereocenters. The van der Waals surface area contributed by atoms with Gasteiger partial charge in [-0.1, -0.05) is 18.1 Å². The number of aryl methyl sites for hydroxylation is 1. The minimum absolute atomic E-state index is 0.0558. The molecule has 0 amide bonds. The van der Waals surface area contributed by atoms with Crippen molar-refractivity contribution in [1.29, 1.82) is 0 Å². The summed E-state index contributed by atoms with van der Waals surface area (Å²) < 4.78 is 31.8. The molecule has 2 rings (SSSR count). The highest BCUT2D eigenvalue weighted by Crippen LogP contribution is 2.19. The second kappa shape index (κ2) is 5.41. The monoisotopic (exact) mass is 281 g/mol. The van der Waals surface area contributed by atoms with Gasteiger partial charge in [-0.05, 0) is 24.1 Å². The molecule has 7 heteroatoms. The van der Waals surface area contributed by atoms with Crippen LogP contribution in [0.5, 0.6) is 0 Å². The van der Waals surface area contributed by atoms with Crippen molar-refractivity contribution in [2.75, 3.05) is 5.73 Å². The van der Waals surface area contributed by atoms with E-state index in [1.54, 1.807) is 18.2 Å². The fourth-order valence-corrected chi connectivity index (χ4v) is 3.03. The number of nitrogens with zero attached hydrogens (tertiary/aromatic N) is 1. The molecule has 1 aromatic carbocycles. The molecule has 0 aliphatic carbocycles. The first kappa shape index (κ1) is 13.6. The third kappa shape index (κ3) is 3.12. The summed E-state index contributed by atoms with van der Waals surface area (Å²) in [6, 6.07) is 6.47. The van der Waals surface area contributed by atoms with Crippen molar-refractivity contribution in [3.63, 3.8) is 0 Å². The van der Waals surface area contributed by atoms with Gasteiger partial charge in [0.1, 0.15) is 0 Å². The highest BCUT2D eigenvalue weighted by molar-refractivity contribution is 7.89. The highest BCUT2D eigenvalue weighted by Gasteiger charge is 2.18. The summed E-state index contributed by atoms with van der Waals surface area (Å²) >= 11 is 0. The van der Waals surface area contributed by atoms with Gasteiger partial charge in [0.2, 0.25) is 10.0 Å². The molecule has 0 atom stereocenters. The van der Waals surface area contributed by atoms with Crippen LogP contribution in [0.1, 0.15) is 18.2 Å². The molecular weight excluding hydrogens is 266 g/mol. The second-order valence-corrected chi connectivity index (χ2v) is 5.76. The minimum Gasteiger partial charge on any atom is -0.399 e. The van der Waals surface area contributed by atoms with E-state index < -0.39 is 10.0 Å². The summed E-state index contributed by atoms with van der Waals surface area (Å²) in [5.74, 6) is 0.450. The fourth-order valence-electron chi connectivity index (χ4n) is 1.69. The minimum atomic E-state index is -3.62. The van der Waals surface area contributed by atoms with E-state index in [0.29, 0.717) is 17.9 Å². The van der Waals surface area contributed by atoms with E-state index in [2.05, 4.69) is 9.88 Å². The lowest BCUT2D eigenvalue weighted by molar-refractivity contribution is 0.380. The van der Waals surface area contributed by atoms with Gasteiger partial charge in [-0.3, -0.25) is 0 Å². The zero-order valence-corrected chi connectivity index (χ0v) is 11.3. The number of nitrogens with one attached hydrogen (secondary N) is 1. The van der Waals surface area contributed by atoms with Crippen LogP contribution in [-0.2, 0) is 23.0 Å². The van der Waals surface area contributed by atoms with E-state index in [-0.39, 0.29) is 11.4 Å². The maximum absolute atomic E-state index is 12.2. The van der Waals surface area contributed by atoms with Gasteiger partial charge in [0.15, 0.2) is 5.76 Å². The molecule has 0 saturated heterocycles. The summed E-state index contributed by atoms with van der Waals surface area (Å²) in [6.45, 7) is 1.95. The first-order chi connectivity index (χ1) is 9.03. The molecule has 3 N–H and O–H groups in total. The molecule has 0 radical (unpaired) electrons. The van der Waals surface area contributed by atoms with Crippen LogP contribution in [0.4, 0.5) is 5.69 Å². The molecule has 2 aromatic rings. The topological polar surface area (TPSA) is 98.2 Å². The van der Waals surface area contributed by atoms with E-state index in [4.69, 9.17) is 10.3 Å². The summed E-state index contributed by atoms with van der Waals surface area (Å²) in [5.41, 5.74) is 6.78. The average Bonchev–Trinajstić information content (AvgIpc) is 2.89. The second-order valence-electron chi connectivity index (χ2n) is 4.02. The maximum Gasteiger partial charge on any atom is 0.241 e. The summed E-state index contributed by atoms with van der Waals surface area (Å²) in [7, 11) is -3.62. The summed E-state index contributed by atoms with van der Waals surface area (Å²) in [5, 5.41) is 3.51. The lowest BCUT2D eigenvalue weighted by atomic mass is 10.1. The van der Waals surface area contributed by atoms with E-state index in [0.717, 1.165) is 5.56 Å². The summed E-state index contributed by atoms with van der Waals surface area (Å²) in [4.78, 5) is 0.203. The summed E-state index contributed by atoms with van der Waals surface area (Å²) in [6.07, 6.45) is 2.07. The first-order valence-corrected chi connectivity index (χ1v) is 7.29. The molecule has 1 aromatic heterocycles. The van der Waals surface area contributed by atoms with Crippen molar-refractivity contribution in [1.82, 2.24) is 9.88 Å². The molecule has 19 heavy (non-hydrogen) atoms. The molecule has 0 aliphatic rings. The van der Waals surface area contributed by atoms with Crippen LogP contribution in [0.15, 0.2) is 39.9 Å². The smallest absolute Gasteiger partial charge is 0.241 e. The van der Waals surface area contributed by atoms with Gasteiger partial charge < -0.3 is 10.3 Å². The van der Waals surface area contributed by atoms with E-state index in [9.17, 15) is 8.42 Å². The quantitative estimate of drug-likeness (QED) is 0.805. The Labute approximate surface area is 111 Å². The van der Waals surface area contributed by atoms with Gasteiger partial charge in [-0.15, -0.1) is 0 Å². The Morgan fingerprint density at radius 3 is 2.79 bits per heavy atom. The average molecular weight is 281 g/mol. The maximum atomic E-state index is 12.2. The third-order valence-electron chi connectivity index (χ3n) is 2.69. The normalized spacial score (nSPS) is 11.6. The van der Waals surface area contributed by atoms with Crippen LogP contribution >= 0.6 is 0 Å². The Hall–Kier alpha value is -1.86. The van der Waals surface area contributed by atoms with Gasteiger partial charge >= 0.3 is 0 Å². The van der Waals surface area contributed by atoms with Gasteiger partial charge in [-0.2, -0.15) is 0 Å². The van der Waals surface area contributed by atoms with Crippen molar-refractivity contribution in [3.8, 4) is 0 Å². The van der Waals surface area contributed by atoms with Crippen molar-refractivity contribution in [2.45, 2.75) is 24.8 Å². The van der Waals surface area contributed by atoms with Crippen LogP contribution < -0.4 is 10.5 Å². The number of nitrogen functional groups attached to an aromatic ring is 1. The van der Waals surface area contributed by atoms with Gasteiger partial charge in [0, 0.05) is 11.8 Å². The van der Waals surface area contributed by atoms with Gasteiger partial charge in [0.05, 0.1) is 17.6 Å². The molecule has 6 nitrogen and oxygen atoms in total. The zero-order valence-electron chi connectivity index (χ0n) is 10.5. The number of hydrogen-bond donors (Lipinski definition) is 2. The molecule has 102 valence electrons. The number of nitrogens with two attached hydrogens (primary N) is 1. The van der Waals surface area contributed by atoms with Crippen LogP contribution in [0.3, 0.4) is 0 Å². The molecule has 0 aliphatic heterocycles. The van der Waals surface area contributed by atoms with Crippen molar-refractivity contribution in [2.24, 2.45) is 0 Å². The molecule has 1 heterocycles. The Morgan fingerprint density at radius 1 is 1.37 bits per heavy atom. The van der Waals surface area contributed by atoms with E-state index >= 15 is 0 Å². The molecular formula is C12H15N3O3S. The van der Waals surface area contributed by atoms with E-state index in [1.165, 1.54) is 12.3 Å². The number of aromatic nitrogens is 1. The zero-order chi connectivity index (χ0) is 13.9. The van der Waals surface area contributed by atoms with Crippen LogP contribution in [-0.4, -0.2) is 13.6 Å². The Balaban J connectivity index is 2.26. The number of benzene rings is 1. The lowest BCUT2D eigenvalue weighted by Crippen LogP contribution is -2.24. The van der Waals surface area contributed by atoms with Crippen LogP contribution in [0.25, 0.3) is 0 Å². The SMILES string of the molecule is CCc1ccc(N)cc1S(=O)(=O)NCc1ccno1. The Morgan fingerprint density at radius 2 is 2.16 bits per heavy atom. The fraction of sp³-hybridized carbons (Fsp3) is 0.250. The first-order valence-electron chi connectivity index (χ1n) is 5.80. The molecule has 0 fully saturated rings. The van der Waals surface area contributed by atoms with Gasteiger partial charge in [-0.25, -0.2) is 13.1 Å². The number of anilines is 1. The standard InChI is InChI=1S/C12H15N3O3S/c1-2-9-3-4-10(13)7-12(9)19(16,17)15-8-11-5-6-14-18-11/h3-7,15H,2,8,13H2,1H3. The van der Waals surface area contributed by atoms with Gasteiger partial charge in [0.25, 0.3) is 0 Å². The predicted molar refractivity (Wildman–Crippen MR) is 70.8 cm³/mol. The highest BCUT2D eigenvalue weighted by atomic mass is 32.2. The molecule has 0 saturated carbocycles. The number of rotatable bonds is 5. The lowest BCUT2D eigenvalue weighted by Gasteiger charge is -2.10. The number of hydrogen-bond acceptors (Lipinski definition) is 5. The predicted octanol–water partition coefficient (Wildman–Crippen LogP) is 1.30. The molecule has 0 bridgehead atoms. The van der Waals surface area contributed by atoms with Crippen molar-refractivity contribution < 1.29 is 12.9 Å².